The van der Waals surface area contributed by atoms with Crippen molar-refractivity contribution < 1.29 is 9.94 Å². The lowest BCUT2D eigenvalue weighted by Gasteiger charge is -2.24. The van der Waals surface area contributed by atoms with Crippen LogP contribution in [0.2, 0.25) is 0 Å². The number of benzene rings is 1. The lowest BCUT2D eigenvalue weighted by Crippen LogP contribution is -2.28. The molecule has 2 aromatic heterocycles. The number of rotatable bonds is 3. The molecule has 0 saturated heterocycles. The lowest BCUT2D eigenvalue weighted by molar-refractivity contribution is 0.278. The van der Waals surface area contributed by atoms with Crippen LogP contribution >= 0.6 is 0 Å². The number of amidine groups is 1. The topological polar surface area (TPSA) is 82.9 Å². The van der Waals surface area contributed by atoms with Gasteiger partial charge in [-0.3, -0.25) is 10.2 Å². The molecule has 4 rings (SSSR count). The Balaban J connectivity index is 1.60. The maximum absolute atomic E-state index is 10.0. The van der Waals surface area contributed by atoms with E-state index in [1.807, 2.05) is 36.4 Å². The summed E-state index contributed by atoms with van der Waals surface area (Å²) in [5, 5.41) is 14.2. The molecule has 0 spiro atoms. The van der Waals surface area contributed by atoms with Gasteiger partial charge in [0, 0.05) is 23.6 Å². The van der Waals surface area contributed by atoms with E-state index in [-0.39, 0.29) is 5.82 Å². The molecule has 3 heterocycles. The molecule has 0 unspecified atom stereocenters. The van der Waals surface area contributed by atoms with Gasteiger partial charge in [-0.25, -0.2) is 9.98 Å². The van der Waals surface area contributed by atoms with Crippen LogP contribution < -0.4 is 15.1 Å². The molecule has 0 radical (unpaired) electrons. The highest BCUT2D eigenvalue weighted by Crippen LogP contribution is 2.28. The first-order valence-electron chi connectivity index (χ1n) is 8.24. The Morgan fingerprint density at radius 2 is 1.93 bits per heavy atom. The second kappa shape index (κ2) is 6.89. The van der Waals surface area contributed by atoms with Crippen molar-refractivity contribution in [2.24, 2.45) is 4.99 Å². The van der Waals surface area contributed by atoms with Crippen molar-refractivity contribution >= 4 is 17.3 Å². The highest BCUT2D eigenvalue weighted by atomic mass is 16.5. The summed E-state index contributed by atoms with van der Waals surface area (Å²) in [6.07, 6.45) is 5.07. The smallest absolute Gasteiger partial charge is 0.170 e. The number of hydroxylamine groups is 1. The zero-order valence-corrected chi connectivity index (χ0v) is 14.6. The number of nitrogens with one attached hydrogen (secondary N) is 1. The zero-order valence-electron chi connectivity index (χ0n) is 14.6. The van der Waals surface area contributed by atoms with Crippen LogP contribution in [0, 0.1) is 0 Å². The number of anilines is 2. The molecule has 134 valence electrons. The Morgan fingerprint density at radius 3 is 2.70 bits per heavy atom. The lowest BCUT2D eigenvalue weighted by atomic mass is 10.1. The number of hydrogen-bond acceptors (Lipinski definition) is 7. The van der Waals surface area contributed by atoms with Crippen LogP contribution in [0.1, 0.15) is 5.56 Å². The van der Waals surface area contributed by atoms with Crippen LogP contribution in [0.25, 0.3) is 11.1 Å². The van der Waals surface area contributed by atoms with Gasteiger partial charge < -0.3 is 10.1 Å². The summed E-state index contributed by atoms with van der Waals surface area (Å²) >= 11 is 0. The first-order valence-corrected chi connectivity index (χ1v) is 8.24. The molecule has 0 aliphatic carbocycles. The quantitative estimate of drug-likeness (QED) is 0.742. The van der Waals surface area contributed by atoms with Gasteiger partial charge in [0.2, 0.25) is 0 Å². The van der Waals surface area contributed by atoms with Crippen molar-refractivity contribution in [3.63, 3.8) is 0 Å². The van der Waals surface area contributed by atoms with Gasteiger partial charge in [-0.15, -0.1) is 0 Å². The Labute approximate surface area is 156 Å². The number of aromatic nitrogens is 2. The molecule has 7 nitrogen and oxygen atoms in total. The summed E-state index contributed by atoms with van der Waals surface area (Å²) in [6.45, 7) is 3.75. The van der Waals surface area contributed by atoms with Gasteiger partial charge in [-0.1, -0.05) is 18.7 Å². The first kappa shape index (κ1) is 16.7. The number of hydrogen-bond donors (Lipinski definition) is 2. The predicted molar refractivity (Wildman–Crippen MR) is 104 cm³/mol. The normalized spacial score (nSPS) is 13.0. The van der Waals surface area contributed by atoms with Crippen molar-refractivity contribution in [3.8, 4) is 16.9 Å². The minimum atomic E-state index is 0.197. The molecule has 7 heteroatoms. The summed E-state index contributed by atoms with van der Waals surface area (Å²) in [4.78, 5) is 12.7. The number of aliphatic imine (C=N–C) groups is 1. The van der Waals surface area contributed by atoms with Crippen molar-refractivity contribution in [2.75, 3.05) is 17.5 Å². The average Bonchev–Trinajstić information content (AvgIpc) is 2.72. The predicted octanol–water partition coefficient (Wildman–Crippen LogP) is 3.69. The van der Waals surface area contributed by atoms with Gasteiger partial charge in [0.05, 0.1) is 18.9 Å². The molecule has 0 atom stereocenters. The van der Waals surface area contributed by atoms with Gasteiger partial charge in [-0.05, 0) is 35.9 Å². The van der Waals surface area contributed by atoms with Crippen molar-refractivity contribution in [1.82, 2.24) is 9.97 Å². The summed E-state index contributed by atoms with van der Waals surface area (Å²) in [7, 11) is 1.62. The number of fused-ring (bicyclic) bond motifs is 1. The Bertz CT molecular complexity index is 1030. The minimum Gasteiger partial charge on any atom is -0.495 e. The second-order valence-corrected chi connectivity index (χ2v) is 5.88. The van der Waals surface area contributed by atoms with Gasteiger partial charge >= 0.3 is 0 Å². The molecule has 0 amide bonds. The fourth-order valence-electron chi connectivity index (χ4n) is 2.78. The molecule has 0 saturated carbocycles. The maximum atomic E-state index is 10.0. The highest BCUT2D eigenvalue weighted by Gasteiger charge is 2.23. The van der Waals surface area contributed by atoms with Gasteiger partial charge in [0.1, 0.15) is 11.6 Å². The standard InChI is InChI=1S/C20H17N5O2/c1-13-23-19(18-4-3-9-22-20(18)25(13)26)24-16-7-5-14(6-8-16)15-10-17(27-2)12-21-11-15/h3-12,26H,1H2,2H3,(H,23,24). The van der Waals surface area contributed by atoms with Crippen LogP contribution in [0.5, 0.6) is 5.75 Å². The van der Waals surface area contributed by atoms with E-state index in [4.69, 9.17) is 4.74 Å². The number of pyridine rings is 2. The summed E-state index contributed by atoms with van der Waals surface area (Å²) in [5.74, 6) is 1.87. The summed E-state index contributed by atoms with van der Waals surface area (Å²) in [6, 6.07) is 13.4. The molecule has 0 bridgehead atoms. The molecule has 2 N–H and O–H groups in total. The largest absolute Gasteiger partial charge is 0.495 e. The van der Waals surface area contributed by atoms with Crippen LogP contribution in [-0.4, -0.2) is 28.1 Å². The van der Waals surface area contributed by atoms with E-state index >= 15 is 0 Å². The fourth-order valence-corrected chi connectivity index (χ4v) is 2.78. The molecular weight excluding hydrogens is 342 g/mol. The van der Waals surface area contributed by atoms with E-state index in [2.05, 4.69) is 26.9 Å². The molecule has 3 aromatic rings. The van der Waals surface area contributed by atoms with Crippen LogP contribution in [0.15, 0.2) is 78.4 Å². The van der Waals surface area contributed by atoms with Gasteiger partial charge in [0.15, 0.2) is 11.6 Å². The van der Waals surface area contributed by atoms with Crippen LogP contribution in [0.3, 0.4) is 0 Å². The highest BCUT2D eigenvalue weighted by molar-refractivity contribution is 6.12. The molecule has 1 aliphatic rings. The first-order chi connectivity index (χ1) is 13.2. The number of methoxy groups -OCH3 is 1. The third kappa shape index (κ3) is 3.23. The Morgan fingerprint density at radius 1 is 1.11 bits per heavy atom. The Hall–Kier alpha value is -3.71. The maximum Gasteiger partial charge on any atom is 0.170 e. The number of ether oxygens (including phenoxy) is 1. The van der Waals surface area contributed by atoms with E-state index < -0.39 is 0 Å². The van der Waals surface area contributed by atoms with E-state index in [0.29, 0.717) is 23.0 Å². The molecular formula is C20H17N5O2. The van der Waals surface area contributed by atoms with Crippen molar-refractivity contribution in [3.05, 3.63) is 79.0 Å². The molecule has 1 aromatic carbocycles. The second-order valence-electron chi connectivity index (χ2n) is 5.88. The van der Waals surface area contributed by atoms with Crippen LogP contribution in [-0.2, 0) is 0 Å². The van der Waals surface area contributed by atoms with Crippen LogP contribution in [0.4, 0.5) is 11.5 Å². The third-order valence-electron chi connectivity index (χ3n) is 4.16. The minimum absolute atomic E-state index is 0.197. The van der Waals surface area contributed by atoms with E-state index in [0.717, 1.165) is 21.9 Å². The monoisotopic (exact) mass is 359 g/mol. The molecule has 1 aliphatic heterocycles. The average molecular weight is 359 g/mol. The molecule has 0 fully saturated rings. The fraction of sp³-hybridized carbons (Fsp3) is 0.0500. The summed E-state index contributed by atoms with van der Waals surface area (Å²) in [5.41, 5.74) is 3.52. The summed E-state index contributed by atoms with van der Waals surface area (Å²) < 4.78 is 5.22. The SMILES string of the molecule is C=C1N=C(Nc2ccc(-c3cncc(OC)c3)cc2)c2cccnc2N1O. The zero-order chi connectivity index (χ0) is 18.8. The third-order valence-corrected chi connectivity index (χ3v) is 4.16. The number of nitrogens with zero attached hydrogens (tertiary/aromatic N) is 4. The van der Waals surface area contributed by atoms with Gasteiger partial charge in [0.25, 0.3) is 0 Å². The Kier molecular flexibility index (Phi) is 4.27. The molecule has 27 heavy (non-hydrogen) atoms. The van der Waals surface area contributed by atoms with Gasteiger partial charge in [-0.2, -0.15) is 5.06 Å². The van der Waals surface area contributed by atoms with Crippen molar-refractivity contribution in [1.29, 1.82) is 0 Å². The van der Waals surface area contributed by atoms with Crippen molar-refractivity contribution in [2.45, 2.75) is 0 Å². The van der Waals surface area contributed by atoms with E-state index in [1.165, 1.54) is 0 Å². The van der Waals surface area contributed by atoms with E-state index in [1.54, 1.807) is 31.8 Å². The van der Waals surface area contributed by atoms with E-state index in [9.17, 15) is 5.21 Å².